The Kier molecular flexibility index (Phi) is 2.87. The molecule has 2 N–H and O–H groups in total. The fraction of sp³-hybridized carbons (Fsp3) is 0.273. The zero-order valence-corrected chi connectivity index (χ0v) is 9.25. The Morgan fingerprint density at radius 3 is 2.69 bits per heavy atom. The summed E-state index contributed by atoms with van der Waals surface area (Å²) in [6.45, 7) is 3.83. The topological polar surface area (TPSA) is 77.6 Å². The average molecular weight is 215 g/mol. The molecule has 2 heterocycles. The molecular formula is C11H13N5. The minimum absolute atomic E-state index is 0.0561. The fourth-order valence-electron chi connectivity index (χ4n) is 1.47. The van der Waals surface area contributed by atoms with Crippen molar-refractivity contribution in [2.45, 2.75) is 19.9 Å². The van der Waals surface area contributed by atoms with E-state index in [9.17, 15) is 0 Å². The summed E-state index contributed by atoms with van der Waals surface area (Å²) in [5.74, 6) is 0.601. The van der Waals surface area contributed by atoms with Crippen LogP contribution in [0, 0.1) is 6.92 Å². The molecule has 0 aliphatic rings. The van der Waals surface area contributed by atoms with E-state index in [-0.39, 0.29) is 6.04 Å². The summed E-state index contributed by atoms with van der Waals surface area (Å²) in [5, 5.41) is 0. The molecule has 0 aromatic carbocycles. The molecule has 0 unspecified atom stereocenters. The van der Waals surface area contributed by atoms with Gasteiger partial charge >= 0.3 is 0 Å². The second-order valence-electron chi connectivity index (χ2n) is 3.62. The van der Waals surface area contributed by atoms with E-state index < -0.39 is 0 Å². The van der Waals surface area contributed by atoms with Gasteiger partial charge in [-0.25, -0.2) is 19.9 Å². The van der Waals surface area contributed by atoms with Crippen LogP contribution in [0.1, 0.15) is 24.2 Å². The molecule has 0 saturated heterocycles. The third-order valence-electron chi connectivity index (χ3n) is 2.32. The van der Waals surface area contributed by atoms with Gasteiger partial charge in [-0.3, -0.25) is 0 Å². The van der Waals surface area contributed by atoms with E-state index in [0.29, 0.717) is 11.5 Å². The number of hydrogen-bond donors (Lipinski definition) is 1. The summed E-state index contributed by atoms with van der Waals surface area (Å²) >= 11 is 0. The van der Waals surface area contributed by atoms with Gasteiger partial charge in [0.05, 0.1) is 0 Å². The molecule has 5 nitrogen and oxygen atoms in total. The summed E-state index contributed by atoms with van der Waals surface area (Å²) in [5.41, 5.74) is 8.36. The van der Waals surface area contributed by atoms with Crippen molar-refractivity contribution in [1.82, 2.24) is 19.9 Å². The molecule has 0 aliphatic heterocycles. The number of hydrogen-bond acceptors (Lipinski definition) is 5. The van der Waals surface area contributed by atoms with Gasteiger partial charge in [0.2, 0.25) is 0 Å². The highest BCUT2D eigenvalue weighted by Crippen LogP contribution is 2.16. The fourth-order valence-corrected chi connectivity index (χ4v) is 1.47. The first-order chi connectivity index (χ1) is 7.68. The van der Waals surface area contributed by atoms with Crippen LogP contribution < -0.4 is 5.73 Å². The van der Waals surface area contributed by atoms with Crippen LogP contribution in [-0.2, 0) is 0 Å². The van der Waals surface area contributed by atoms with Gasteiger partial charge in [0, 0.05) is 29.7 Å². The highest BCUT2D eigenvalue weighted by Gasteiger charge is 2.08. The maximum atomic E-state index is 5.80. The Bertz CT molecular complexity index is 481. The number of aryl methyl sites for hydroxylation is 1. The Labute approximate surface area is 93.8 Å². The van der Waals surface area contributed by atoms with Crippen LogP contribution in [0.2, 0.25) is 0 Å². The third kappa shape index (κ3) is 2.04. The first kappa shape index (κ1) is 10.6. The molecule has 16 heavy (non-hydrogen) atoms. The van der Waals surface area contributed by atoms with Crippen molar-refractivity contribution in [1.29, 1.82) is 0 Å². The van der Waals surface area contributed by atoms with Crippen molar-refractivity contribution in [2.24, 2.45) is 5.73 Å². The molecular weight excluding hydrogens is 202 g/mol. The lowest BCUT2D eigenvalue weighted by Crippen LogP contribution is -2.09. The molecule has 2 aromatic heterocycles. The van der Waals surface area contributed by atoms with Gasteiger partial charge in [-0.05, 0) is 19.9 Å². The Morgan fingerprint density at radius 2 is 2.12 bits per heavy atom. The van der Waals surface area contributed by atoms with Crippen LogP contribution in [0.15, 0.2) is 24.8 Å². The van der Waals surface area contributed by atoms with E-state index in [1.165, 1.54) is 6.33 Å². The Morgan fingerprint density at radius 1 is 1.31 bits per heavy atom. The Balaban J connectivity index is 2.43. The number of nitrogens with two attached hydrogens (primary N) is 1. The first-order valence-electron chi connectivity index (χ1n) is 5.04. The Hall–Kier alpha value is -1.88. The molecule has 0 saturated carbocycles. The van der Waals surface area contributed by atoms with Crippen LogP contribution in [0.25, 0.3) is 11.5 Å². The zero-order chi connectivity index (χ0) is 11.5. The highest BCUT2D eigenvalue weighted by atomic mass is 14.9. The average Bonchev–Trinajstić information content (AvgIpc) is 2.29. The predicted molar refractivity (Wildman–Crippen MR) is 60.4 cm³/mol. The summed E-state index contributed by atoms with van der Waals surface area (Å²) in [6, 6.07) is 1.72. The van der Waals surface area contributed by atoms with Gasteiger partial charge in [-0.1, -0.05) is 0 Å². The molecule has 82 valence electrons. The van der Waals surface area contributed by atoms with Crippen LogP contribution >= 0.6 is 0 Å². The molecule has 2 aromatic rings. The molecule has 0 aliphatic carbocycles. The van der Waals surface area contributed by atoms with Gasteiger partial charge in [0.1, 0.15) is 12.0 Å². The minimum atomic E-state index is -0.0561. The summed E-state index contributed by atoms with van der Waals surface area (Å²) in [7, 11) is 0. The third-order valence-corrected chi connectivity index (χ3v) is 2.32. The summed E-state index contributed by atoms with van der Waals surface area (Å²) in [6.07, 6.45) is 4.90. The first-order valence-corrected chi connectivity index (χ1v) is 5.04. The smallest absolute Gasteiger partial charge is 0.178 e. The SMILES string of the molecule is Cc1nc(-c2ccncn2)ncc1[C@@H](C)N. The lowest BCUT2D eigenvalue weighted by atomic mass is 10.1. The van der Waals surface area contributed by atoms with Crippen LogP contribution in [-0.4, -0.2) is 19.9 Å². The van der Waals surface area contributed by atoms with Gasteiger partial charge in [0.25, 0.3) is 0 Å². The lowest BCUT2D eigenvalue weighted by molar-refractivity contribution is 0.789. The second-order valence-corrected chi connectivity index (χ2v) is 3.62. The number of rotatable bonds is 2. The van der Waals surface area contributed by atoms with E-state index >= 15 is 0 Å². The van der Waals surface area contributed by atoms with Crippen molar-refractivity contribution in [3.05, 3.63) is 36.0 Å². The largest absolute Gasteiger partial charge is 0.324 e. The van der Waals surface area contributed by atoms with Gasteiger partial charge in [0.15, 0.2) is 5.82 Å². The van der Waals surface area contributed by atoms with Gasteiger partial charge < -0.3 is 5.73 Å². The van der Waals surface area contributed by atoms with E-state index in [1.54, 1.807) is 18.5 Å². The van der Waals surface area contributed by atoms with Crippen LogP contribution in [0.5, 0.6) is 0 Å². The molecule has 0 amide bonds. The van der Waals surface area contributed by atoms with E-state index in [2.05, 4.69) is 19.9 Å². The number of nitrogens with zero attached hydrogens (tertiary/aromatic N) is 4. The molecule has 0 fully saturated rings. The van der Waals surface area contributed by atoms with Crippen molar-refractivity contribution in [3.63, 3.8) is 0 Å². The van der Waals surface area contributed by atoms with Crippen LogP contribution in [0.3, 0.4) is 0 Å². The van der Waals surface area contributed by atoms with E-state index in [1.807, 2.05) is 13.8 Å². The standard InChI is InChI=1S/C11H13N5/c1-7(12)9-5-14-11(16-8(9)2)10-3-4-13-6-15-10/h3-7H,12H2,1-2H3/t7-/m1/s1. The highest BCUT2D eigenvalue weighted by molar-refractivity contribution is 5.48. The van der Waals surface area contributed by atoms with Gasteiger partial charge in [-0.15, -0.1) is 0 Å². The molecule has 5 heteroatoms. The lowest BCUT2D eigenvalue weighted by Gasteiger charge is -2.09. The van der Waals surface area contributed by atoms with E-state index in [4.69, 9.17) is 5.73 Å². The number of aromatic nitrogens is 4. The predicted octanol–water partition coefficient (Wildman–Crippen LogP) is 1.26. The van der Waals surface area contributed by atoms with Crippen molar-refractivity contribution < 1.29 is 0 Å². The monoisotopic (exact) mass is 215 g/mol. The normalized spacial score (nSPS) is 12.4. The maximum absolute atomic E-state index is 5.80. The second kappa shape index (κ2) is 4.32. The molecule has 0 bridgehead atoms. The molecule has 2 rings (SSSR count). The summed E-state index contributed by atoms with van der Waals surface area (Å²) in [4.78, 5) is 16.6. The van der Waals surface area contributed by atoms with Crippen molar-refractivity contribution in [2.75, 3.05) is 0 Å². The van der Waals surface area contributed by atoms with Crippen molar-refractivity contribution in [3.8, 4) is 11.5 Å². The molecule has 1 atom stereocenters. The maximum Gasteiger partial charge on any atom is 0.178 e. The van der Waals surface area contributed by atoms with Crippen molar-refractivity contribution >= 4 is 0 Å². The van der Waals surface area contributed by atoms with E-state index in [0.717, 1.165) is 11.3 Å². The molecule has 0 radical (unpaired) electrons. The quantitative estimate of drug-likeness (QED) is 0.816. The van der Waals surface area contributed by atoms with Crippen LogP contribution in [0.4, 0.5) is 0 Å². The summed E-state index contributed by atoms with van der Waals surface area (Å²) < 4.78 is 0. The zero-order valence-electron chi connectivity index (χ0n) is 9.25. The minimum Gasteiger partial charge on any atom is -0.324 e. The molecule has 0 spiro atoms. The van der Waals surface area contributed by atoms with Gasteiger partial charge in [-0.2, -0.15) is 0 Å².